The van der Waals surface area contributed by atoms with Crippen LogP contribution in [-0.2, 0) is 11.3 Å². The SMILES string of the molecule is CCCOc1ccc(C=NNC(=O)Cn2cnc3sc(-c4ccccc4)cc3c2=O)cc1OC. The third-order valence-corrected chi connectivity index (χ3v) is 6.03. The molecule has 0 unspecified atom stereocenters. The lowest BCUT2D eigenvalue weighted by molar-refractivity contribution is -0.121. The maximum atomic E-state index is 12.9. The fourth-order valence-electron chi connectivity index (χ4n) is 3.28. The van der Waals surface area contributed by atoms with E-state index in [1.165, 1.54) is 28.4 Å². The van der Waals surface area contributed by atoms with Crippen LogP contribution in [0.15, 0.2) is 70.8 Å². The van der Waals surface area contributed by atoms with Crippen LogP contribution in [0.4, 0.5) is 0 Å². The van der Waals surface area contributed by atoms with Gasteiger partial charge in [-0.1, -0.05) is 37.3 Å². The molecule has 2 heterocycles. The minimum absolute atomic E-state index is 0.192. The smallest absolute Gasteiger partial charge is 0.262 e. The van der Waals surface area contributed by atoms with Crippen molar-refractivity contribution in [3.8, 4) is 21.9 Å². The van der Waals surface area contributed by atoms with Crippen molar-refractivity contribution < 1.29 is 14.3 Å². The summed E-state index contributed by atoms with van der Waals surface area (Å²) in [7, 11) is 1.57. The van der Waals surface area contributed by atoms with Gasteiger partial charge in [0, 0.05) is 4.88 Å². The lowest BCUT2D eigenvalue weighted by Gasteiger charge is -2.10. The van der Waals surface area contributed by atoms with Crippen LogP contribution in [0, 0.1) is 0 Å². The third kappa shape index (κ3) is 5.32. The van der Waals surface area contributed by atoms with Crippen molar-refractivity contribution in [2.45, 2.75) is 19.9 Å². The Labute approximate surface area is 200 Å². The second-order valence-corrected chi connectivity index (χ2v) is 8.46. The molecule has 0 bridgehead atoms. The topological polar surface area (TPSA) is 94.8 Å². The molecule has 0 aliphatic rings. The number of nitrogens with zero attached hydrogens (tertiary/aromatic N) is 3. The van der Waals surface area contributed by atoms with Crippen molar-refractivity contribution in [2.24, 2.45) is 5.10 Å². The molecule has 9 heteroatoms. The van der Waals surface area contributed by atoms with Gasteiger partial charge in [0.2, 0.25) is 0 Å². The average molecular weight is 477 g/mol. The van der Waals surface area contributed by atoms with Gasteiger partial charge in [-0.15, -0.1) is 11.3 Å². The van der Waals surface area contributed by atoms with Gasteiger partial charge in [-0.2, -0.15) is 5.10 Å². The lowest BCUT2D eigenvalue weighted by atomic mass is 10.2. The van der Waals surface area contributed by atoms with Crippen molar-refractivity contribution >= 4 is 33.7 Å². The molecule has 34 heavy (non-hydrogen) atoms. The highest BCUT2D eigenvalue weighted by molar-refractivity contribution is 7.21. The molecule has 1 N–H and O–H groups in total. The fraction of sp³-hybridized carbons (Fsp3) is 0.200. The van der Waals surface area contributed by atoms with Crippen LogP contribution in [0.1, 0.15) is 18.9 Å². The summed E-state index contributed by atoms with van der Waals surface area (Å²) < 4.78 is 12.3. The highest BCUT2D eigenvalue weighted by Crippen LogP contribution is 2.30. The van der Waals surface area contributed by atoms with E-state index in [0.29, 0.717) is 28.3 Å². The first kappa shape index (κ1) is 23.2. The van der Waals surface area contributed by atoms with Gasteiger partial charge in [0.15, 0.2) is 11.5 Å². The Balaban J connectivity index is 1.43. The number of hydrogen-bond donors (Lipinski definition) is 1. The molecule has 4 rings (SSSR count). The van der Waals surface area contributed by atoms with Gasteiger partial charge in [-0.25, -0.2) is 10.4 Å². The van der Waals surface area contributed by atoms with Crippen LogP contribution in [0.3, 0.4) is 0 Å². The third-order valence-electron chi connectivity index (χ3n) is 4.94. The Morgan fingerprint density at radius 1 is 1.18 bits per heavy atom. The first-order chi connectivity index (χ1) is 16.6. The Hall–Kier alpha value is -3.98. The van der Waals surface area contributed by atoms with Gasteiger partial charge in [-0.3, -0.25) is 14.2 Å². The van der Waals surface area contributed by atoms with E-state index in [1.54, 1.807) is 19.2 Å². The summed E-state index contributed by atoms with van der Waals surface area (Å²) in [6.07, 6.45) is 3.78. The number of carbonyl (C=O) groups is 1. The van der Waals surface area contributed by atoms with Gasteiger partial charge < -0.3 is 9.47 Å². The first-order valence-corrected chi connectivity index (χ1v) is 11.6. The Morgan fingerprint density at radius 2 is 2.00 bits per heavy atom. The molecule has 8 nitrogen and oxygen atoms in total. The molecule has 0 saturated carbocycles. The molecule has 0 radical (unpaired) electrons. The van der Waals surface area contributed by atoms with Crippen molar-refractivity contribution in [1.29, 1.82) is 0 Å². The second kappa shape index (κ2) is 10.8. The number of ether oxygens (including phenoxy) is 2. The molecule has 1 amide bonds. The number of thiophene rings is 1. The average Bonchev–Trinajstić information content (AvgIpc) is 3.31. The van der Waals surface area contributed by atoms with E-state index in [4.69, 9.17) is 9.47 Å². The highest BCUT2D eigenvalue weighted by Gasteiger charge is 2.12. The summed E-state index contributed by atoms with van der Waals surface area (Å²) >= 11 is 1.44. The molecule has 0 saturated heterocycles. The second-order valence-electron chi connectivity index (χ2n) is 7.43. The number of carbonyl (C=O) groups excluding carboxylic acids is 1. The summed E-state index contributed by atoms with van der Waals surface area (Å²) in [6, 6.07) is 17.0. The van der Waals surface area contributed by atoms with Gasteiger partial charge >= 0.3 is 0 Å². The zero-order valence-electron chi connectivity index (χ0n) is 18.9. The van der Waals surface area contributed by atoms with Gasteiger partial charge in [0.25, 0.3) is 11.5 Å². The van der Waals surface area contributed by atoms with Gasteiger partial charge in [-0.05, 0) is 41.8 Å². The van der Waals surface area contributed by atoms with Crippen LogP contribution in [0.2, 0.25) is 0 Å². The van der Waals surface area contributed by atoms with Crippen molar-refractivity contribution in [1.82, 2.24) is 15.0 Å². The summed E-state index contributed by atoms with van der Waals surface area (Å²) in [4.78, 5) is 31.2. The number of benzene rings is 2. The number of amides is 1. The standard InChI is InChI=1S/C25H24N4O4S/c1-3-11-33-20-10-9-17(12-21(20)32-2)14-27-28-23(30)15-29-16-26-24-19(25(29)31)13-22(34-24)18-7-5-4-6-8-18/h4-10,12-14,16H,3,11,15H2,1-2H3,(H,28,30). The van der Waals surface area contributed by atoms with E-state index >= 15 is 0 Å². The molecular formula is C25H24N4O4S. The number of rotatable bonds is 9. The normalized spacial score (nSPS) is 11.1. The van der Waals surface area contributed by atoms with Crippen LogP contribution in [0.25, 0.3) is 20.7 Å². The summed E-state index contributed by atoms with van der Waals surface area (Å²) in [5.74, 6) is 0.796. The van der Waals surface area contributed by atoms with E-state index in [9.17, 15) is 9.59 Å². The molecule has 4 aromatic rings. The van der Waals surface area contributed by atoms with Crippen LogP contribution < -0.4 is 20.5 Å². The number of hydrazone groups is 1. The molecule has 0 aliphatic heterocycles. The molecular weight excluding hydrogens is 452 g/mol. The van der Waals surface area contributed by atoms with Crippen LogP contribution in [0.5, 0.6) is 11.5 Å². The Bertz CT molecular complexity index is 1380. The summed E-state index contributed by atoms with van der Waals surface area (Å²) in [5.41, 5.74) is 3.93. The molecule has 2 aromatic heterocycles. The van der Waals surface area contributed by atoms with Crippen molar-refractivity contribution in [3.63, 3.8) is 0 Å². The van der Waals surface area contributed by atoms with E-state index in [0.717, 1.165) is 22.4 Å². The predicted molar refractivity (Wildman–Crippen MR) is 134 cm³/mol. The lowest BCUT2D eigenvalue weighted by Crippen LogP contribution is -2.29. The molecule has 2 aromatic carbocycles. The minimum Gasteiger partial charge on any atom is -0.493 e. The number of methoxy groups -OCH3 is 1. The Kier molecular flexibility index (Phi) is 7.34. The quantitative estimate of drug-likeness (QED) is 0.290. The number of nitrogens with one attached hydrogen (secondary N) is 1. The van der Waals surface area contributed by atoms with Crippen molar-refractivity contribution in [2.75, 3.05) is 13.7 Å². The molecule has 0 spiro atoms. The van der Waals surface area contributed by atoms with E-state index in [1.807, 2.05) is 49.4 Å². The summed E-state index contributed by atoms with van der Waals surface area (Å²) in [5, 5.41) is 4.47. The fourth-order valence-corrected chi connectivity index (χ4v) is 4.28. The van der Waals surface area contributed by atoms with Crippen LogP contribution in [-0.4, -0.2) is 35.4 Å². The van der Waals surface area contributed by atoms with Crippen LogP contribution >= 0.6 is 11.3 Å². The molecule has 0 aliphatic carbocycles. The van der Waals surface area contributed by atoms with E-state index < -0.39 is 5.91 Å². The highest BCUT2D eigenvalue weighted by atomic mass is 32.1. The van der Waals surface area contributed by atoms with E-state index in [2.05, 4.69) is 15.5 Å². The largest absolute Gasteiger partial charge is 0.493 e. The first-order valence-electron chi connectivity index (χ1n) is 10.8. The zero-order valence-corrected chi connectivity index (χ0v) is 19.7. The molecule has 0 fully saturated rings. The molecule has 174 valence electrons. The Morgan fingerprint density at radius 3 is 2.76 bits per heavy atom. The maximum Gasteiger partial charge on any atom is 0.262 e. The zero-order chi connectivity index (χ0) is 23.9. The number of fused-ring (bicyclic) bond motifs is 1. The molecule has 0 atom stereocenters. The minimum atomic E-state index is -0.437. The predicted octanol–water partition coefficient (Wildman–Crippen LogP) is 4.07. The maximum absolute atomic E-state index is 12.9. The van der Waals surface area contributed by atoms with Gasteiger partial charge in [0.1, 0.15) is 11.4 Å². The summed E-state index contributed by atoms with van der Waals surface area (Å²) in [6.45, 7) is 2.43. The van der Waals surface area contributed by atoms with Gasteiger partial charge in [0.05, 0.1) is 31.6 Å². The number of aromatic nitrogens is 2. The van der Waals surface area contributed by atoms with Crippen molar-refractivity contribution in [3.05, 3.63) is 76.8 Å². The van der Waals surface area contributed by atoms with E-state index in [-0.39, 0.29) is 12.1 Å². The number of hydrogen-bond acceptors (Lipinski definition) is 7. The monoisotopic (exact) mass is 476 g/mol.